The molecule has 10 heteroatoms. The molecule has 0 radical (unpaired) electrons. The lowest BCUT2D eigenvalue weighted by molar-refractivity contribution is -0.119. The summed E-state index contributed by atoms with van der Waals surface area (Å²) < 4.78 is 12.7. The van der Waals surface area contributed by atoms with E-state index in [0.717, 1.165) is 4.47 Å². The number of aromatic nitrogens is 2. The Morgan fingerprint density at radius 1 is 1.35 bits per heavy atom. The number of nitrogens with two attached hydrogens (primary N) is 1. The molecule has 162 valence electrons. The zero-order chi connectivity index (χ0) is 22.7. The zero-order valence-corrected chi connectivity index (χ0v) is 19.4. The number of carbonyl (C=O) groups is 1. The van der Waals surface area contributed by atoms with Crippen molar-refractivity contribution >= 4 is 50.6 Å². The van der Waals surface area contributed by atoms with Crippen LogP contribution in [0.15, 0.2) is 44.7 Å². The molecule has 0 unspecified atom stereocenters. The highest BCUT2D eigenvalue weighted by Gasteiger charge is 2.15. The predicted molar refractivity (Wildman–Crippen MR) is 123 cm³/mol. The van der Waals surface area contributed by atoms with Crippen molar-refractivity contribution in [3.05, 3.63) is 61.6 Å². The summed E-state index contributed by atoms with van der Waals surface area (Å²) in [6.07, 6.45) is 1.48. The largest absolute Gasteiger partial charge is 0.493 e. The van der Waals surface area contributed by atoms with Crippen LogP contribution in [-0.4, -0.2) is 35.5 Å². The van der Waals surface area contributed by atoms with E-state index in [4.69, 9.17) is 26.8 Å². The van der Waals surface area contributed by atoms with Crippen LogP contribution in [-0.2, 0) is 4.79 Å². The minimum Gasteiger partial charge on any atom is -0.493 e. The number of rotatable bonds is 7. The molecule has 2 N–H and O–H groups in total. The number of carbonyl (C=O) groups excluding carboxylic acids is 1. The highest BCUT2D eigenvalue weighted by atomic mass is 79.9. The van der Waals surface area contributed by atoms with Gasteiger partial charge in [0.15, 0.2) is 18.1 Å². The zero-order valence-electron chi connectivity index (χ0n) is 17.1. The van der Waals surface area contributed by atoms with Gasteiger partial charge in [-0.15, -0.1) is 0 Å². The van der Waals surface area contributed by atoms with Crippen molar-refractivity contribution in [3.8, 4) is 11.5 Å². The first-order chi connectivity index (χ1) is 14.7. The van der Waals surface area contributed by atoms with Gasteiger partial charge in [0.05, 0.1) is 29.2 Å². The van der Waals surface area contributed by atoms with Gasteiger partial charge in [-0.2, -0.15) is 9.78 Å². The topological polar surface area (TPSA) is 109 Å². The number of primary amides is 1. The minimum atomic E-state index is -0.639. The van der Waals surface area contributed by atoms with Crippen LogP contribution in [0.25, 0.3) is 10.9 Å². The van der Waals surface area contributed by atoms with Crippen LogP contribution >= 0.6 is 27.5 Å². The van der Waals surface area contributed by atoms with Gasteiger partial charge in [0.2, 0.25) is 0 Å². The molecule has 0 aliphatic heterocycles. The standard InChI is InChI=1S/C21H20BrClN4O4/c1-11(2)20-26-16-5-4-13(22)8-14(16)21(29)27(20)25-9-12-6-15(23)19(17(7-12)30-3)31-10-18(24)28/h4-9,11H,10H2,1-3H3,(H2,24,28). The SMILES string of the molecule is COc1cc(C=Nn2c(C(C)C)nc3ccc(Br)cc3c2=O)cc(Cl)c1OCC(N)=O. The number of halogens is 2. The molecule has 31 heavy (non-hydrogen) atoms. The van der Waals surface area contributed by atoms with Crippen molar-refractivity contribution < 1.29 is 14.3 Å². The number of amides is 1. The normalized spacial score (nSPS) is 11.4. The molecule has 0 bridgehead atoms. The van der Waals surface area contributed by atoms with E-state index in [9.17, 15) is 9.59 Å². The monoisotopic (exact) mass is 506 g/mol. The van der Waals surface area contributed by atoms with Crippen LogP contribution in [0.3, 0.4) is 0 Å². The molecular formula is C21H20BrClN4O4. The average molecular weight is 508 g/mol. The van der Waals surface area contributed by atoms with Crippen molar-refractivity contribution in [2.45, 2.75) is 19.8 Å². The van der Waals surface area contributed by atoms with E-state index in [1.807, 2.05) is 19.9 Å². The molecule has 1 aromatic heterocycles. The highest BCUT2D eigenvalue weighted by Crippen LogP contribution is 2.36. The molecule has 1 amide bonds. The maximum Gasteiger partial charge on any atom is 0.282 e. The van der Waals surface area contributed by atoms with Gasteiger partial charge in [-0.05, 0) is 35.9 Å². The van der Waals surface area contributed by atoms with Gasteiger partial charge in [0.25, 0.3) is 11.5 Å². The maximum absolute atomic E-state index is 13.1. The molecule has 2 aromatic carbocycles. The Morgan fingerprint density at radius 3 is 2.74 bits per heavy atom. The first kappa shape index (κ1) is 22.8. The summed E-state index contributed by atoms with van der Waals surface area (Å²) in [4.78, 5) is 28.7. The second kappa shape index (κ2) is 9.49. The van der Waals surface area contributed by atoms with Crippen molar-refractivity contribution in [1.29, 1.82) is 0 Å². The van der Waals surface area contributed by atoms with Crippen molar-refractivity contribution in [1.82, 2.24) is 9.66 Å². The molecule has 1 heterocycles. The van der Waals surface area contributed by atoms with Crippen LogP contribution in [0.2, 0.25) is 5.02 Å². The number of fused-ring (bicyclic) bond motifs is 1. The van der Waals surface area contributed by atoms with Crippen molar-refractivity contribution in [3.63, 3.8) is 0 Å². The summed E-state index contributed by atoms with van der Waals surface area (Å²) in [6.45, 7) is 3.53. The third-order valence-electron chi connectivity index (χ3n) is 4.28. The van der Waals surface area contributed by atoms with Crippen LogP contribution in [0.5, 0.6) is 11.5 Å². The van der Waals surface area contributed by atoms with E-state index < -0.39 is 5.91 Å². The summed E-state index contributed by atoms with van der Waals surface area (Å²) in [5.41, 5.74) is 5.99. The fourth-order valence-electron chi connectivity index (χ4n) is 2.87. The molecule has 0 spiro atoms. The lowest BCUT2D eigenvalue weighted by atomic mass is 10.2. The fourth-order valence-corrected chi connectivity index (χ4v) is 3.51. The number of methoxy groups -OCH3 is 1. The Balaban J connectivity index is 2.07. The third kappa shape index (κ3) is 5.05. The average Bonchev–Trinajstić information content (AvgIpc) is 2.71. The van der Waals surface area contributed by atoms with Gasteiger partial charge >= 0.3 is 0 Å². The molecule has 0 atom stereocenters. The van der Waals surface area contributed by atoms with Gasteiger partial charge in [-0.25, -0.2) is 4.98 Å². The maximum atomic E-state index is 13.1. The summed E-state index contributed by atoms with van der Waals surface area (Å²) in [5.74, 6) is 0.334. The van der Waals surface area contributed by atoms with E-state index in [2.05, 4.69) is 26.0 Å². The van der Waals surface area contributed by atoms with Crippen LogP contribution in [0.4, 0.5) is 0 Å². The summed E-state index contributed by atoms with van der Waals surface area (Å²) in [6, 6.07) is 8.54. The number of hydrogen-bond donors (Lipinski definition) is 1. The fraction of sp³-hybridized carbons (Fsp3) is 0.238. The molecule has 3 rings (SSSR count). The van der Waals surface area contributed by atoms with E-state index in [1.54, 1.807) is 24.3 Å². The molecular weight excluding hydrogens is 488 g/mol. The first-order valence-corrected chi connectivity index (χ1v) is 10.4. The van der Waals surface area contributed by atoms with Gasteiger partial charge in [0, 0.05) is 10.4 Å². The van der Waals surface area contributed by atoms with Gasteiger partial charge in [0.1, 0.15) is 5.82 Å². The smallest absolute Gasteiger partial charge is 0.282 e. The Bertz CT molecular complexity index is 1240. The first-order valence-electron chi connectivity index (χ1n) is 9.26. The second-order valence-electron chi connectivity index (χ2n) is 6.94. The van der Waals surface area contributed by atoms with E-state index in [0.29, 0.717) is 28.0 Å². The van der Waals surface area contributed by atoms with E-state index in [1.165, 1.54) is 18.0 Å². The van der Waals surface area contributed by atoms with Crippen LogP contribution < -0.4 is 20.8 Å². The number of ether oxygens (including phenoxy) is 2. The molecule has 8 nitrogen and oxygen atoms in total. The Labute approximate surface area is 191 Å². The summed E-state index contributed by atoms with van der Waals surface area (Å²) >= 11 is 9.66. The molecule has 0 saturated carbocycles. The number of benzene rings is 2. The minimum absolute atomic E-state index is 0.0411. The Hall–Kier alpha value is -2.91. The molecule has 0 saturated heterocycles. The van der Waals surface area contributed by atoms with Gasteiger partial charge in [-0.3, -0.25) is 9.59 Å². The predicted octanol–water partition coefficient (Wildman–Crippen LogP) is 3.69. The van der Waals surface area contributed by atoms with Crippen molar-refractivity contribution in [2.75, 3.05) is 13.7 Å². The van der Waals surface area contributed by atoms with Crippen LogP contribution in [0.1, 0.15) is 31.2 Å². The van der Waals surface area contributed by atoms with E-state index in [-0.39, 0.29) is 28.9 Å². The number of hydrogen-bond acceptors (Lipinski definition) is 6. The molecule has 0 aliphatic rings. The third-order valence-corrected chi connectivity index (χ3v) is 5.06. The number of nitrogens with zero attached hydrogens (tertiary/aromatic N) is 3. The molecule has 0 fully saturated rings. The van der Waals surface area contributed by atoms with E-state index >= 15 is 0 Å². The lowest BCUT2D eigenvalue weighted by Gasteiger charge is -2.13. The quantitative estimate of drug-likeness (QED) is 0.491. The van der Waals surface area contributed by atoms with Gasteiger partial charge in [-0.1, -0.05) is 41.4 Å². The summed E-state index contributed by atoms with van der Waals surface area (Å²) in [7, 11) is 1.44. The molecule has 0 aliphatic carbocycles. The van der Waals surface area contributed by atoms with Crippen LogP contribution in [0, 0.1) is 0 Å². The second-order valence-corrected chi connectivity index (χ2v) is 8.26. The molecule has 3 aromatic rings. The Morgan fingerprint density at radius 2 is 2.10 bits per heavy atom. The highest BCUT2D eigenvalue weighted by molar-refractivity contribution is 9.10. The van der Waals surface area contributed by atoms with Crippen molar-refractivity contribution in [2.24, 2.45) is 10.8 Å². The lowest BCUT2D eigenvalue weighted by Crippen LogP contribution is -2.23. The van der Waals surface area contributed by atoms with Gasteiger partial charge < -0.3 is 15.2 Å². The Kier molecular flexibility index (Phi) is 6.97. The summed E-state index contributed by atoms with van der Waals surface area (Å²) in [5, 5.41) is 5.02.